The van der Waals surface area contributed by atoms with Crippen LogP contribution in [0.25, 0.3) is 0 Å². The van der Waals surface area contributed by atoms with Crippen LogP contribution in [0.5, 0.6) is 0 Å². The van der Waals surface area contributed by atoms with E-state index in [1.54, 1.807) is 0 Å². The number of carbonyl (C=O) groups is 4. The van der Waals surface area contributed by atoms with E-state index in [1.165, 1.54) is 9.80 Å². The Hall–Kier alpha value is -3.54. The number of hydrogen-bond donors (Lipinski definition) is 2. The Morgan fingerprint density at radius 2 is 0.925 bits per heavy atom. The van der Waals surface area contributed by atoms with Crippen molar-refractivity contribution >= 4 is 23.8 Å². The summed E-state index contributed by atoms with van der Waals surface area (Å²) in [6, 6.07) is 1.70. The van der Waals surface area contributed by atoms with Gasteiger partial charge in [-0.25, -0.2) is 17.6 Å². The monoisotopic (exact) mass is 752 g/mol. The summed E-state index contributed by atoms with van der Waals surface area (Å²) >= 11 is 0. The minimum atomic E-state index is -2.99. The molecule has 2 amide bonds. The lowest BCUT2D eigenvalue weighted by atomic mass is 9.57. The largest absolute Gasteiger partial charge is 0.463 e. The predicted octanol–water partition coefficient (Wildman–Crippen LogP) is 2.97. The Morgan fingerprint density at radius 1 is 0.585 bits per heavy atom. The fraction of sp³-hybridized carbons (Fsp3) is 0.833. The number of amides is 2. The summed E-state index contributed by atoms with van der Waals surface area (Å²) in [5, 5.41) is 24.4. The number of hydrogen-bond acceptors (Lipinski definition) is 11. The number of nitriles is 2. The second kappa shape index (κ2) is 14.9. The van der Waals surface area contributed by atoms with Crippen molar-refractivity contribution in [3.05, 3.63) is 0 Å². The molecule has 2 N–H and O–H groups in total. The summed E-state index contributed by atoms with van der Waals surface area (Å²) in [5.41, 5.74) is -2.29. The van der Waals surface area contributed by atoms with E-state index in [0.717, 1.165) is 0 Å². The van der Waals surface area contributed by atoms with Gasteiger partial charge in [0.15, 0.2) is 0 Å². The number of nitrogens with zero attached hydrogens (tertiary/aromatic N) is 4. The lowest BCUT2D eigenvalue weighted by Gasteiger charge is -2.52. The maximum atomic E-state index is 13.8. The molecule has 13 nitrogen and oxygen atoms in total. The third-order valence-electron chi connectivity index (χ3n) is 12.8. The number of alkyl halides is 4. The average Bonchev–Trinajstić information content (AvgIpc) is 3.59. The highest BCUT2D eigenvalue weighted by Crippen LogP contribution is 2.54. The quantitative estimate of drug-likeness (QED) is 0.152. The first kappa shape index (κ1) is 39.2. The van der Waals surface area contributed by atoms with Crippen LogP contribution in [0.2, 0.25) is 0 Å². The van der Waals surface area contributed by atoms with E-state index in [1.807, 2.05) is 12.1 Å². The Labute approximate surface area is 306 Å². The van der Waals surface area contributed by atoms with Crippen molar-refractivity contribution in [3.8, 4) is 12.1 Å². The van der Waals surface area contributed by atoms with Gasteiger partial charge in [-0.2, -0.15) is 10.5 Å². The van der Waals surface area contributed by atoms with Crippen molar-refractivity contribution in [2.75, 3.05) is 52.6 Å². The first-order valence-electron chi connectivity index (χ1n) is 18.6. The molecule has 292 valence electrons. The molecule has 53 heavy (non-hydrogen) atoms. The van der Waals surface area contributed by atoms with E-state index in [4.69, 9.17) is 14.2 Å². The van der Waals surface area contributed by atoms with Gasteiger partial charge in [0.2, 0.25) is 11.8 Å². The van der Waals surface area contributed by atoms with Crippen LogP contribution in [0, 0.1) is 33.5 Å². The molecule has 6 aliphatic carbocycles. The van der Waals surface area contributed by atoms with Gasteiger partial charge < -0.3 is 24.8 Å². The minimum absolute atomic E-state index is 0.0338. The molecule has 8 fully saturated rings. The maximum Gasteiger partial charge on any atom is 0.312 e. The third-order valence-corrected chi connectivity index (χ3v) is 12.8. The fourth-order valence-electron chi connectivity index (χ4n) is 9.55. The van der Waals surface area contributed by atoms with Gasteiger partial charge in [0, 0.05) is 23.9 Å². The number of ether oxygens (including phenoxy) is 3. The SMILES string of the molecule is N#C[C@@H]1CC(F)(F)CN1CC(=O)NC12CCC(C(=O)OCCOCCOC(=O)C34CCC(NC(=O)CN5CC(F)(F)C[C@H]5C#N)(CC3)CC4)(CC1)CC2. The van der Waals surface area contributed by atoms with Crippen LogP contribution in [-0.4, -0.2) is 121 Å². The van der Waals surface area contributed by atoms with E-state index >= 15 is 0 Å². The van der Waals surface area contributed by atoms with Crippen LogP contribution in [-0.2, 0) is 33.4 Å². The lowest BCUT2D eigenvalue weighted by molar-refractivity contribution is -0.167. The molecule has 0 aromatic carbocycles. The molecule has 0 unspecified atom stereocenters. The Kier molecular flexibility index (Phi) is 11.0. The molecule has 2 saturated heterocycles. The second-order valence-corrected chi connectivity index (χ2v) is 16.3. The number of halogens is 4. The number of rotatable bonds is 14. The van der Waals surface area contributed by atoms with Crippen LogP contribution in [0.4, 0.5) is 17.6 Å². The Balaban J connectivity index is 0.835. The highest BCUT2D eigenvalue weighted by molar-refractivity contribution is 5.81. The van der Waals surface area contributed by atoms with Gasteiger partial charge in [0.25, 0.3) is 11.8 Å². The van der Waals surface area contributed by atoms with Gasteiger partial charge in [0.05, 0.1) is 62.4 Å². The zero-order valence-corrected chi connectivity index (χ0v) is 29.9. The topological polar surface area (TPSA) is 174 Å². The zero-order valence-electron chi connectivity index (χ0n) is 29.9. The van der Waals surface area contributed by atoms with E-state index in [0.29, 0.717) is 77.0 Å². The molecule has 8 aliphatic rings. The molecule has 2 aliphatic heterocycles. The standard InChI is InChI=1S/C36H48F4N6O7/c37-35(38)17-25(19-41)45(23-35)21-27(47)43-33-7-1-31(2-8-33,3-9-33)29(49)52-15-13-51-14-16-53-30(50)32-4-10-34(11-5-32,12-6-32)44-28(48)22-46-24-36(39,40)18-26(46)20-42/h25-26H,1-18,21-24H2,(H,43,47)(H,44,48)/t25-,26-,31?,32?,33?,34?/m0/s1. The van der Waals surface area contributed by atoms with E-state index < -0.39 is 83.6 Å². The van der Waals surface area contributed by atoms with Crippen molar-refractivity contribution in [1.29, 1.82) is 10.5 Å². The first-order chi connectivity index (χ1) is 25.0. The van der Waals surface area contributed by atoms with Crippen LogP contribution in [0.1, 0.15) is 89.9 Å². The smallest absolute Gasteiger partial charge is 0.312 e. The molecule has 2 heterocycles. The predicted molar refractivity (Wildman–Crippen MR) is 176 cm³/mol. The van der Waals surface area contributed by atoms with Crippen molar-refractivity contribution < 1.29 is 51.0 Å². The van der Waals surface area contributed by atoms with Crippen molar-refractivity contribution in [3.63, 3.8) is 0 Å². The van der Waals surface area contributed by atoms with Crippen molar-refractivity contribution in [2.45, 2.75) is 125 Å². The summed E-state index contributed by atoms with van der Waals surface area (Å²) in [4.78, 5) is 54.2. The van der Waals surface area contributed by atoms with Gasteiger partial charge in [-0.3, -0.25) is 29.0 Å². The number of likely N-dealkylation sites (tertiary alicyclic amines) is 2. The Bertz CT molecular complexity index is 1370. The van der Waals surface area contributed by atoms with Gasteiger partial charge >= 0.3 is 11.9 Å². The van der Waals surface area contributed by atoms with Gasteiger partial charge in [-0.05, 0) is 77.0 Å². The molecule has 0 spiro atoms. The molecule has 6 saturated carbocycles. The molecule has 0 radical (unpaired) electrons. The summed E-state index contributed by atoms with van der Waals surface area (Å²) in [7, 11) is 0. The van der Waals surface area contributed by atoms with Gasteiger partial charge in [-0.15, -0.1) is 0 Å². The number of fused-ring (bicyclic) bond motifs is 6. The number of carbonyl (C=O) groups excluding carboxylic acids is 4. The van der Waals surface area contributed by atoms with Crippen molar-refractivity contribution in [1.82, 2.24) is 20.4 Å². The summed E-state index contributed by atoms with van der Waals surface area (Å²) in [6.45, 7) is -1.47. The number of esters is 2. The molecule has 8 rings (SSSR count). The third kappa shape index (κ3) is 8.57. The summed E-state index contributed by atoms with van der Waals surface area (Å²) < 4.78 is 71.8. The fourth-order valence-corrected chi connectivity index (χ4v) is 9.55. The van der Waals surface area contributed by atoms with Crippen LogP contribution in [0.15, 0.2) is 0 Å². The average molecular weight is 753 g/mol. The maximum absolute atomic E-state index is 13.8. The van der Waals surface area contributed by atoms with Gasteiger partial charge in [-0.1, -0.05) is 0 Å². The van der Waals surface area contributed by atoms with Gasteiger partial charge in [0.1, 0.15) is 25.3 Å². The van der Waals surface area contributed by atoms with Crippen LogP contribution in [0.3, 0.4) is 0 Å². The highest BCUT2D eigenvalue weighted by Gasteiger charge is 2.56. The molecular formula is C36H48F4N6O7. The normalized spacial score (nSPS) is 35.6. The Morgan fingerprint density at radius 3 is 1.25 bits per heavy atom. The molecular weight excluding hydrogens is 704 g/mol. The molecule has 17 heteroatoms. The van der Waals surface area contributed by atoms with E-state index in [-0.39, 0.29) is 51.5 Å². The van der Waals surface area contributed by atoms with E-state index in [9.17, 15) is 47.3 Å². The second-order valence-electron chi connectivity index (χ2n) is 16.3. The highest BCUT2D eigenvalue weighted by atomic mass is 19.3. The first-order valence-corrected chi connectivity index (χ1v) is 18.6. The van der Waals surface area contributed by atoms with Crippen molar-refractivity contribution in [2.24, 2.45) is 10.8 Å². The molecule has 0 aromatic rings. The lowest BCUT2D eigenvalue weighted by Crippen LogP contribution is -2.59. The van der Waals surface area contributed by atoms with E-state index in [2.05, 4.69) is 10.6 Å². The number of nitrogens with one attached hydrogen (secondary N) is 2. The van der Waals surface area contributed by atoms with Crippen LogP contribution >= 0.6 is 0 Å². The van der Waals surface area contributed by atoms with Crippen LogP contribution < -0.4 is 10.6 Å². The minimum Gasteiger partial charge on any atom is -0.463 e. The summed E-state index contributed by atoms with van der Waals surface area (Å²) in [5.74, 6) is -7.40. The molecule has 4 bridgehead atoms. The molecule has 0 aromatic heterocycles. The zero-order chi connectivity index (χ0) is 38.1. The summed E-state index contributed by atoms with van der Waals surface area (Å²) in [6.07, 6.45) is 5.43. The molecule has 2 atom stereocenters.